The van der Waals surface area contributed by atoms with Crippen LogP contribution in [0.25, 0.3) is 0 Å². The van der Waals surface area contributed by atoms with Gasteiger partial charge < -0.3 is 14.8 Å². The summed E-state index contributed by atoms with van der Waals surface area (Å²) in [5, 5.41) is 9.27. The number of hydrogen-bond acceptors (Lipinski definition) is 6. The maximum absolute atomic E-state index is 13.3. The summed E-state index contributed by atoms with van der Waals surface area (Å²) in [5.41, 5.74) is 4.27. The van der Waals surface area contributed by atoms with Crippen molar-refractivity contribution in [1.29, 1.82) is 0 Å². The van der Waals surface area contributed by atoms with E-state index in [2.05, 4.69) is 16.8 Å². The fourth-order valence-corrected chi connectivity index (χ4v) is 5.37. The molecule has 1 atom stereocenters. The first-order valence-electron chi connectivity index (χ1n) is 9.83. The van der Waals surface area contributed by atoms with E-state index in [0.717, 1.165) is 34.7 Å². The van der Waals surface area contributed by atoms with E-state index >= 15 is 0 Å². The van der Waals surface area contributed by atoms with Crippen molar-refractivity contribution in [3.05, 3.63) is 68.0 Å². The van der Waals surface area contributed by atoms with Crippen LogP contribution in [0.15, 0.2) is 51.5 Å². The van der Waals surface area contributed by atoms with Crippen molar-refractivity contribution in [2.24, 2.45) is 4.99 Å². The molecule has 1 amide bonds. The Labute approximate surface area is 184 Å². The monoisotopic (exact) mass is 440 g/mol. The number of rotatable bonds is 8. The van der Waals surface area contributed by atoms with E-state index < -0.39 is 0 Å². The summed E-state index contributed by atoms with van der Waals surface area (Å²) in [6, 6.07) is 10.00. The van der Waals surface area contributed by atoms with Gasteiger partial charge in [-0.15, -0.1) is 11.3 Å². The van der Waals surface area contributed by atoms with Crippen molar-refractivity contribution in [3.8, 4) is 11.5 Å². The molecule has 2 aromatic heterocycles. The fourth-order valence-electron chi connectivity index (χ4n) is 3.69. The summed E-state index contributed by atoms with van der Waals surface area (Å²) in [6.45, 7) is 1.28. The molecule has 4 rings (SSSR count). The summed E-state index contributed by atoms with van der Waals surface area (Å²) in [6.07, 6.45) is 1.65. The summed E-state index contributed by atoms with van der Waals surface area (Å²) in [5.74, 6) is 1.01. The third-order valence-corrected chi connectivity index (χ3v) is 6.90. The smallest absolute Gasteiger partial charge is 0.233 e. The number of aliphatic imine (C=N–C) groups is 1. The van der Waals surface area contributed by atoms with E-state index in [1.54, 1.807) is 36.9 Å². The van der Waals surface area contributed by atoms with Crippen molar-refractivity contribution in [1.82, 2.24) is 5.32 Å². The highest BCUT2D eigenvalue weighted by Crippen LogP contribution is 2.32. The predicted octanol–water partition coefficient (Wildman–Crippen LogP) is 4.31. The maximum atomic E-state index is 13.3. The van der Waals surface area contributed by atoms with Gasteiger partial charge in [0, 0.05) is 13.1 Å². The Morgan fingerprint density at radius 2 is 2.03 bits per heavy atom. The van der Waals surface area contributed by atoms with Crippen molar-refractivity contribution in [3.63, 3.8) is 0 Å². The molecule has 0 fully saturated rings. The molecule has 0 spiro atoms. The average Bonchev–Trinajstić information content (AvgIpc) is 3.46. The molecule has 0 saturated heterocycles. The lowest BCUT2D eigenvalue weighted by Crippen LogP contribution is -2.36. The molecule has 7 heteroatoms. The van der Waals surface area contributed by atoms with Gasteiger partial charge in [-0.3, -0.25) is 9.79 Å². The molecular formula is C23H24N2O3S2. The van der Waals surface area contributed by atoms with Gasteiger partial charge in [-0.1, -0.05) is 6.07 Å². The van der Waals surface area contributed by atoms with Crippen LogP contribution in [-0.2, 0) is 17.6 Å². The molecule has 0 radical (unpaired) electrons. The zero-order chi connectivity index (χ0) is 20.9. The Hall–Kier alpha value is -2.64. The fraction of sp³-hybridized carbons (Fsp3) is 0.304. The number of nitrogens with zero attached hydrogens (tertiary/aromatic N) is 1. The van der Waals surface area contributed by atoms with Gasteiger partial charge in [0.25, 0.3) is 0 Å². The van der Waals surface area contributed by atoms with Gasteiger partial charge in [0.2, 0.25) is 5.91 Å². The molecule has 0 aliphatic carbocycles. The highest BCUT2D eigenvalue weighted by molar-refractivity contribution is 7.12. The Morgan fingerprint density at radius 3 is 2.80 bits per heavy atom. The summed E-state index contributed by atoms with van der Waals surface area (Å²) in [4.78, 5) is 19.2. The van der Waals surface area contributed by atoms with Gasteiger partial charge in [-0.05, 0) is 69.9 Å². The second-order valence-corrected chi connectivity index (χ2v) is 8.71. The Kier molecular flexibility index (Phi) is 6.50. The van der Waals surface area contributed by atoms with Crippen LogP contribution in [0.3, 0.4) is 0 Å². The highest BCUT2D eigenvalue weighted by atomic mass is 32.1. The van der Waals surface area contributed by atoms with Gasteiger partial charge in [0.15, 0.2) is 11.5 Å². The number of fused-ring (bicyclic) bond motifs is 1. The lowest BCUT2D eigenvalue weighted by Gasteiger charge is -2.21. The molecule has 156 valence electrons. The standard InChI is InChI=1S/C23H24N2O3S2/c1-27-18-4-3-15(13-19(18)28-2)5-9-25-23(26)20(17-7-11-29-14-17)21-22-16(6-10-24-21)8-12-30-22/h3-4,7-8,11-14,20H,5-6,9-10H2,1-2H3,(H,25,26). The minimum absolute atomic E-state index is 0.00567. The number of amides is 1. The van der Waals surface area contributed by atoms with Crippen LogP contribution in [0.2, 0.25) is 0 Å². The van der Waals surface area contributed by atoms with E-state index in [-0.39, 0.29) is 11.8 Å². The third kappa shape index (κ3) is 4.27. The normalized spacial score (nSPS) is 13.9. The molecule has 1 unspecified atom stereocenters. The predicted molar refractivity (Wildman–Crippen MR) is 123 cm³/mol. The number of methoxy groups -OCH3 is 2. The Morgan fingerprint density at radius 1 is 1.17 bits per heavy atom. The van der Waals surface area contributed by atoms with E-state index in [4.69, 9.17) is 14.5 Å². The topological polar surface area (TPSA) is 59.9 Å². The minimum atomic E-state index is -0.376. The average molecular weight is 441 g/mol. The molecule has 1 aliphatic heterocycles. The van der Waals surface area contributed by atoms with Crippen LogP contribution in [0.5, 0.6) is 11.5 Å². The molecule has 0 saturated carbocycles. The Balaban J connectivity index is 1.48. The van der Waals surface area contributed by atoms with Crippen molar-refractivity contribution in [2.75, 3.05) is 27.3 Å². The number of carbonyl (C=O) groups is 1. The van der Waals surface area contributed by atoms with E-state index in [0.29, 0.717) is 24.5 Å². The van der Waals surface area contributed by atoms with Crippen molar-refractivity contribution < 1.29 is 14.3 Å². The van der Waals surface area contributed by atoms with Crippen molar-refractivity contribution >= 4 is 34.3 Å². The quantitative estimate of drug-likeness (QED) is 0.568. The molecular weight excluding hydrogens is 416 g/mol. The van der Waals surface area contributed by atoms with E-state index in [1.807, 2.05) is 35.0 Å². The number of ether oxygens (including phenoxy) is 2. The first kappa shape index (κ1) is 20.6. The first-order chi connectivity index (χ1) is 14.7. The maximum Gasteiger partial charge on any atom is 0.233 e. The van der Waals surface area contributed by atoms with Crippen LogP contribution in [0.1, 0.15) is 27.5 Å². The zero-order valence-corrected chi connectivity index (χ0v) is 18.6. The molecule has 3 aromatic rings. The summed E-state index contributed by atoms with van der Waals surface area (Å²) < 4.78 is 10.7. The molecule has 1 aliphatic rings. The van der Waals surface area contributed by atoms with Crippen LogP contribution < -0.4 is 14.8 Å². The molecule has 30 heavy (non-hydrogen) atoms. The van der Waals surface area contributed by atoms with E-state index in [1.165, 1.54) is 5.56 Å². The van der Waals surface area contributed by atoms with Gasteiger partial charge in [0.1, 0.15) is 5.92 Å². The first-order valence-corrected chi connectivity index (χ1v) is 11.6. The SMILES string of the molecule is COc1ccc(CCNC(=O)C(C2=NCCc3ccsc32)c2ccsc2)cc1OC. The largest absolute Gasteiger partial charge is 0.493 e. The number of thiophene rings is 2. The van der Waals surface area contributed by atoms with Crippen LogP contribution in [-0.4, -0.2) is 38.9 Å². The van der Waals surface area contributed by atoms with Crippen LogP contribution in [0, 0.1) is 0 Å². The van der Waals surface area contributed by atoms with Crippen LogP contribution in [0.4, 0.5) is 0 Å². The second kappa shape index (κ2) is 9.45. The lowest BCUT2D eigenvalue weighted by atomic mass is 9.91. The molecule has 0 bridgehead atoms. The lowest BCUT2D eigenvalue weighted by molar-refractivity contribution is -0.121. The third-order valence-electron chi connectivity index (χ3n) is 5.22. The zero-order valence-electron chi connectivity index (χ0n) is 17.0. The number of hydrogen-bond donors (Lipinski definition) is 1. The molecule has 5 nitrogen and oxygen atoms in total. The molecule has 1 aromatic carbocycles. The summed E-state index contributed by atoms with van der Waals surface area (Å²) >= 11 is 3.28. The number of nitrogens with one attached hydrogen (secondary N) is 1. The van der Waals surface area contributed by atoms with Crippen LogP contribution >= 0.6 is 22.7 Å². The van der Waals surface area contributed by atoms with Gasteiger partial charge in [-0.2, -0.15) is 11.3 Å². The van der Waals surface area contributed by atoms with Gasteiger partial charge >= 0.3 is 0 Å². The van der Waals surface area contributed by atoms with Gasteiger partial charge in [0.05, 0.1) is 24.8 Å². The Bertz CT molecular complexity index is 1040. The van der Waals surface area contributed by atoms with Crippen molar-refractivity contribution in [2.45, 2.75) is 18.8 Å². The molecule has 1 N–H and O–H groups in total. The van der Waals surface area contributed by atoms with E-state index in [9.17, 15) is 4.79 Å². The number of carbonyl (C=O) groups excluding carboxylic acids is 1. The summed E-state index contributed by atoms with van der Waals surface area (Å²) in [7, 11) is 3.24. The van der Waals surface area contributed by atoms with Gasteiger partial charge in [-0.25, -0.2) is 0 Å². The number of benzene rings is 1. The second-order valence-electron chi connectivity index (χ2n) is 7.01. The molecule has 3 heterocycles. The highest BCUT2D eigenvalue weighted by Gasteiger charge is 2.31. The minimum Gasteiger partial charge on any atom is -0.493 e.